The van der Waals surface area contributed by atoms with Crippen LogP contribution in [0.4, 0.5) is 5.69 Å². The van der Waals surface area contributed by atoms with E-state index in [1.807, 2.05) is 18.2 Å². The summed E-state index contributed by atoms with van der Waals surface area (Å²) in [5, 5.41) is 14.2. The van der Waals surface area contributed by atoms with Crippen molar-refractivity contribution in [3.63, 3.8) is 0 Å². The zero-order valence-electron chi connectivity index (χ0n) is 12.1. The van der Waals surface area contributed by atoms with Crippen LogP contribution in [-0.4, -0.2) is 42.9 Å². The molecule has 1 aliphatic heterocycles. The molecule has 112 valence electrons. The smallest absolute Gasteiger partial charge is 0.233 e. The second-order valence-corrected chi connectivity index (χ2v) is 5.59. The number of aromatic amines is 1. The average molecular weight is 288 g/mol. The maximum absolute atomic E-state index is 12.7. The molecular formula is C15H20N4O2. The molecule has 1 aromatic heterocycles. The van der Waals surface area contributed by atoms with Crippen molar-refractivity contribution in [2.45, 2.75) is 12.8 Å². The van der Waals surface area contributed by atoms with E-state index in [-0.39, 0.29) is 5.91 Å². The highest BCUT2D eigenvalue weighted by atomic mass is 16.5. The Labute approximate surface area is 123 Å². The predicted molar refractivity (Wildman–Crippen MR) is 81.1 cm³/mol. The minimum absolute atomic E-state index is 0.0358. The topological polar surface area (TPSA) is 79.0 Å². The number of piperidine rings is 1. The van der Waals surface area contributed by atoms with Crippen LogP contribution in [0.3, 0.4) is 0 Å². The van der Waals surface area contributed by atoms with Crippen LogP contribution in [0.1, 0.15) is 12.8 Å². The lowest BCUT2D eigenvalue weighted by atomic mass is 9.78. The van der Waals surface area contributed by atoms with Gasteiger partial charge in [-0.05, 0) is 44.1 Å². The van der Waals surface area contributed by atoms with Crippen LogP contribution < -0.4 is 10.6 Å². The molecule has 3 rings (SSSR count). The number of anilines is 1. The first kappa shape index (κ1) is 14.0. The lowest BCUT2D eigenvalue weighted by molar-refractivity contribution is -0.130. The lowest BCUT2D eigenvalue weighted by Gasteiger charge is -2.35. The Hall–Kier alpha value is -1.92. The van der Waals surface area contributed by atoms with Crippen molar-refractivity contribution in [1.82, 2.24) is 15.5 Å². The number of nitrogens with one attached hydrogen (secondary N) is 3. The summed E-state index contributed by atoms with van der Waals surface area (Å²) in [4.78, 5) is 12.7. The fraction of sp³-hybridized carbons (Fsp3) is 0.467. The van der Waals surface area contributed by atoms with E-state index in [1.54, 1.807) is 13.3 Å². The number of aromatic nitrogens is 2. The molecule has 0 spiro atoms. The van der Waals surface area contributed by atoms with Crippen molar-refractivity contribution in [2.24, 2.45) is 5.41 Å². The first-order valence-corrected chi connectivity index (χ1v) is 7.18. The Morgan fingerprint density at radius 2 is 2.24 bits per heavy atom. The summed E-state index contributed by atoms with van der Waals surface area (Å²) in [6.07, 6.45) is 3.34. The number of H-pyrrole nitrogens is 1. The van der Waals surface area contributed by atoms with Crippen LogP contribution in [0.25, 0.3) is 10.9 Å². The molecule has 0 bridgehead atoms. The Bertz CT molecular complexity index is 626. The van der Waals surface area contributed by atoms with E-state index < -0.39 is 5.41 Å². The Morgan fingerprint density at radius 1 is 1.43 bits per heavy atom. The number of nitrogens with zero attached hydrogens (tertiary/aromatic N) is 1. The van der Waals surface area contributed by atoms with Crippen molar-refractivity contribution < 1.29 is 9.53 Å². The fourth-order valence-corrected chi connectivity index (χ4v) is 2.90. The van der Waals surface area contributed by atoms with Crippen molar-refractivity contribution in [3.05, 3.63) is 24.4 Å². The van der Waals surface area contributed by atoms with Crippen LogP contribution in [0, 0.1) is 5.41 Å². The van der Waals surface area contributed by atoms with E-state index in [0.29, 0.717) is 6.61 Å². The molecule has 6 heteroatoms. The van der Waals surface area contributed by atoms with E-state index in [2.05, 4.69) is 20.8 Å². The second-order valence-electron chi connectivity index (χ2n) is 5.59. The van der Waals surface area contributed by atoms with Gasteiger partial charge in [-0.25, -0.2) is 0 Å². The SMILES string of the molecule is COCC1(C(=O)Nc2ccc3[nH]ncc3c2)CCNCC1. The molecule has 2 heterocycles. The third-order valence-corrected chi connectivity index (χ3v) is 4.16. The standard InChI is InChI=1S/C15H20N4O2/c1-21-10-15(4-6-16-7-5-15)14(20)18-12-2-3-13-11(8-12)9-17-19-13/h2-3,8-9,16H,4-7,10H2,1H3,(H,17,19)(H,18,20). The third kappa shape index (κ3) is 2.77. The largest absolute Gasteiger partial charge is 0.384 e. The van der Waals surface area contributed by atoms with Gasteiger partial charge in [-0.3, -0.25) is 9.89 Å². The molecule has 1 aromatic carbocycles. The van der Waals surface area contributed by atoms with Gasteiger partial charge in [0.05, 0.1) is 23.7 Å². The van der Waals surface area contributed by atoms with Gasteiger partial charge >= 0.3 is 0 Å². The zero-order chi connectivity index (χ0) is 14.7. The Balaban J connectivity index is 1.79. The fourth-order valence-electron chi connectivity index (χ4n) is 2.90. The average Bonchev–Trinajstić information content (AvgIpc) is 2.96. The van der Waals surface area contributed by atoms with E-state index in [0.717, 1.165) is 42.5 Å². The first-order chi connectivity index (χ1) is 10.2. The highest BCUT2D eigenvalue weighted by Gasteiger charge is 2.39. The zero-order valence-corrected chi connectivity index (χ0v) is 12.1. The van der Waals surface area contributed by atoms with Crippen LogP contribution in [0.5, 0.6) is 0 Å². The van der Waals surface area contributed by atoms with Gasteiger partial charge in [0.2, 0.25) is 5.91 Å². The number of carbonyl (C=O) groups is 1. The van der Waals surface area contributed by atoms with E-state index in [4.69, 9.17) is 4.74 Å². The molecule has 6 nitrogen and oxygen atoms in total. The van der Waals surface area contributed by atoms with E-state index in [1.165, 1.54) is 0 Å². The van der Waals surface area contributed by atoms with Gasteiger partial charge in [0.1, 0.15) is 0 Å². The number of ether oxygens (including phenoxy) is 1. The minimum Gasteiger partial charge on any atom is -0.384 e. The number of carbonyl (C=O) groups excluding carboxylic acids is 1. The molecule has 1 aliphatic rings. The molecule has 21 heavy (non-hydrogen) atoms. The summed E-state index contributed by atoms with van der Waals surface area (Å²) in [5.41, 5.74) is 1.31. The summed E-state index contributed by atoms with van der Waals surface area (Å²) < 4.78 is 5.30. The lowest BCUT2D eigenvalue weighted by Crippen LogP contribution is -2.47. The highest BCUT2D eigenvalue weighted by Crippen LogP contribution is 2.31. The molecule has 0 aliphatic carbocycles. The molecule has 1 fully saturated rings. The molecule has 2 aromatic rings. The molecule has 1 saturated heterocycles. The van der Waals surface area contributed by atoms with Crippen LogP contribution in [-0.2, 0) is 9.53 Å². The molecule has 3 N–H and O–H groups in total. The van der Waals surface area contributed by atoms with Crippen molar-refractivity contribution in [1.29, 1.82) is 0 Å². The summed E-state index contributed by atoms with van der Waals surface area (Å²) in [7, 11) is 1.65. The van der Waals surface area contributed by atoms with Gasteiger partial charge in [-0.2, -0.15) is 5.10 Å². The van der Waals surface area contributed by atoms with Crippen LogP contribution in [0.2, 0.25) is 0 Å². The maximum Gasteiger partial charge on any atom is 0.233 e. The number of rotatable bonds is 4. The summed E-state index contributed by atoms with van der Waals surface area (Å²) in [6.45, 7) is 2.14. The molecule has 0 unspecified atom stereocenters. The summed E-state index contributed by atoms with van der Waals surface area (Å²) in [5.74, 6) is 0.0358. The second kappa shape index (κ2) is 5.83. The van der Waals surface area contributed by atoms with Crippen molar-refractivity contribution in [2.75, 3.05) is 32.1 Å². The summed E-state index contributed by atoms with van der Waals surface area (Å²) >= 11 is 0. The molecule has 0 radical (unpaired) electrons. The maximum atomic E-state index is 12.7. The molecular weight excluding hydrogens is 268 g/mol. The molecule has 0 atom stereocenters. The number of amides is 1. The van der Waals surface area contributed by atoms with Gasteiger partial charge in [0.15, 0.2) is 0 Å². The van der Waals surface area contributed by atoms with Gasteiger partial charge in [0, 0.05) is 18.2 Å². The summed E-state index contributed by atoms with van der Waals surface area (Å²) in [6, 6.07) is 5.74. The first-order valence-electron chi connectivity index (χ1n) is 7.18. The van der Waals surface area contributed by atoms with Gasteiger partial charge in [0.25, 0.3) is 0 Å². The van der Waals surface area contributed by atoms with Gasteiger partial charge in [-0.1, -0.05) is 0 Å². The van der Waals surface area contributed by atoms with E-state index in [9.17, 15) is 4.79 Å². The van der Waals surface area contributed by atoms with Gasteiger partial charge < -0.3 is 15.4 Å². The molecule has 0 saturated carbocycles. The number of hydrogen-bond donors (Lipinski definition) is 3. The van der Waals surface area contributed by atoms with Gasteiger partial charge in [-0.15, -0.1) is 0 Å². The monoisotopic (exact) mass is 288 g/mol. The minimum atomic E-state index is -0.439. The Morgan fingerprint density at radius 3 is 3.00 bits per heavy atom. The highest BCUT2D eigenvalue weighted by molar-refractivity contribution is 5.97. The Kier molecular flexibility index (Phi) is 3.90. The van der Waals surface area contributed by atoms with Crippen LogP contribution in [0.15, 0.2) is 24.4 Å². The number of fused-ring (bicyclic) bond motifs is 1. The van der Waals surface area contributed by atoms with Crippen molar-refractivity contribution in [3.8, 4) is 0 Å². The predicted octanol–water partition coefficient (Wildman–Crippen LogP) is 1.52. The van der Waals surface area contributed by atoms with Crippen LogP contribution >= 0.6 is 0 Å². The molecule has 1 amide bonds. The number of methoxy groups -OCH3 is 1. The quantitative estimate of drug-likeness (QED) is 0.797. The number of hydrogen-bond acceptors (Lipinski definition) is 4. The number of benzene rings is 1. The third-order valence-electron chi connectivity index (χ3n) is 4.16. The van der Waals surface area contributed by atoms with Crippen molar-refractivity contribution >= 4 is 22.5 Å². The normalized spacial score (nSPS) is 17.8. The van der Waals surface area contributed by atoms with E-state index >= 15 is 0 Å².